The Kier molecular flexibility index (Phi) is 5.73. The van der Waals surface area contributed by atoms with Crippen molar-refractivity contribution in [1.82, 2.24) is 10.3 Å². The van der Waals surface area contributed by atoms with Crippen LogP contribution >= 0.6 is 0 Å². The maximum atomic E-state index is 12.9. The minimum Gasteiger partial charge on any atom is -0.337 e. The average molecular weight is 362 g/mol. The second-order valence-corrected chi connectivity index (χ2v) is 5.74. The van der Waals surface area contributed by atoms with Gasteiger partial charge in [0.15, 0.2) is 0 Å². The Morgan fingerprint density at radius 2 is 1.67 bits per heavy atom. The first-order valence-electron chi connectivity index (χ1n) is 8.43. The molecule has 0 aliphatic carbocycles. The van der Waals surface area contributed by atoms with Crippen LogP contribution in [0.5, 0.6) is 0 Å². The molecular formula is C20H18N4O3. The Labute approximate surface area is 156 Å². The summed E-state index contributed by atoms with van der Waals surface area (Å²) in [5, 5.41) is 14.2. The third kappa shape index (κ3) is 4.46. The SMILES string of the molecule is O=C(NCCc1ccccc1)N(c1ccccc1)c1ncccc1[N+](=O)[O-]. The number of amides is 2. The molecule has 3 aromatic rings. The molecule has 27 heavy (non-hydrogen) atoms. The third-order valence-corrected chi connectivity index (χ3v) is 3.92. The van der Waals surface area contributed by atoms with Crippen molar-refractivity contribution in [2.24, 2.45) is 0 Å². The summed E-state index contributed by atoms with van der Waals surface area (Å²) < 4.78 is 0. The van der Waals surface area contributed by atoms with Crippen molar-refractivity contribution in [3.05, 3.63) is 94.7 Å². The number of urea groups is 1. The van der Waals surface area contributed by atoms with Gasteiger partial charge in [0, 0.05) is 18.8 Å². The number of nitrogens with zero attached hydrogens (tertiary/aromatic N) is 3. The number of anilines is 2. The zero-order valence-electron chi connectivity index (χ0n) is 14.5. The standard InChI is InChI=1S/C20H18N4O3/c25-20(22-15-13-16-8-3-1-4-9-16)23(17-10-5-2-6-11-17)19-18(24(26)27)12-7-14-21-19/h1-12,14H,13,15H2,(H,22,25). The zero-order chi connectivity index (χ0) is 19.1. The van der Waals surface area contributed by atoms with E-state index in [-0.39, 0.29) is 11.5 Å². The Hall–Kier alpha value is -3.74. The van der Waals surface area contributed by atoms with Crippen molar-refractivity contribution in [2.75, 3.05) is 11.4 Å². The van der Waals surface area contributed by atoms with Gasteiger partial charge in [-0.05, 0) is 30.2 Å². The second-order valence-electron chi connectivity index (χ2n) is 5.74. The summed E-state index contributed by atoms with van der Waals surface area (Å²) in [4.78, 5) is 29.0. The van der Waals surface area contributed by atoms with Gasteiger partial charge in [0.05, 0.1) is 10.6 Å². The highest BCUT2D eigenvalue weighted by molar-refractivity contribution is 6.00. The molecule has 2 aromatic carbocycles. The predicted molar refractivity (Wildman–Crippen MR) is 103 cm³/mol. The number of para-hydroxylation sites is 1. The minimum absolute atomic E-state index is 0.0223. The normalized spacial score (nSPS) is 10.2. The highest BCUT2D eigenvalue weighted by atomic mass is 16.6. The number of hydrogen-bond donors (Lipinski definition) is 1. The van der Waals surface area contributed by atoms with Crippen LogP contribution in [0.2, 0.25) is 0 Å². The Bertz CT molecular complexity index is 917. The number of carbonyl (C=O) groups is 1. The van der Waals surface area contributed by atoms with Gasteiger partial charge in [-0.1, -0.05) is 48.5 Å². The maximum Gasteiger partial charge on any atom is 0.327 e. The molecule has 3 rings (SSSR count). The molecule has 1 aromatic heterocycles. The number of benzene rings is 2. The van der Waals surface area contributed by atoms with E-state index in [2.05, 4.69) is 10.3 Å². The summed E-state index contributed by atoms with van der Waals surface area (Å²) in [5.74, 6) is -0.0223. The quantitative estimate of drug-likeness (QED) is 0.528. The van der Waals surface area contributed by atoms with Crippen LogP contribution in [0.3, 0.4) is 0 Å². The van der Waals surface area contributed by atoms with Gasteiger partial charge in [0.1, 0.15) is 0 Å². The number of hydrogen-bond acceptors (Lipinski definition) is 4. The smallest absolute Gasteiger partial charge is 0.327 e. The van der Waals surface area contributed by atoms with Gasteiger partial charge in [-0.15, -0.1) is 0 Å². The fraction of sp³-hybridized carbons (Fsp3) is 0.100. The van der Waals surface area contributed by atoms with Crippen molar-refractivity contribution >= 4 is 23.2 Å². The van der Waals surface area contributed by atoms with E-state index in [0.717, 1.165) is 5.56 Å². The Balaban J connectivity index is 1.85. The molecular weight excluding hydrogens is 344 g/mol. The fourth-order valence-electron chi connectivity index (χ4n) is 2.65. The van der Waals surface area contributed by atoms with Gasteiger partial charge >= 0.3 is 11.7 Å². The predicted octanol–water partition coefficient (Wildman–Crippen LogP) is 4.08. The van der Waals surface area contributed by atoms with Gasteiger partial charge in [0.2, 0.25) is 5.82 Å². The van der Waals surface area contributed by atoms with Crippen molar-refractivity contribution in [3.8, 4) is 0 Å². The highest BCUT2D eigenvalue weighted by Gasteiger charge is 2.27. The lowest BCUT2D eigenvalue weighted by molar-refractivity contribution is -0.384. The number of pyridine rings is 1. The monoisotopic (exact) mass is 362 g/mol. The number of rotatable bonds is 6. The average Bonchev–Trinajstić information content (AvgIpc) is 2.70. The molecule has 1 N–H and O–H groups in total. The molecule has 0 fully saturated rings. The van der Waals surface area contributed by atoms with Crippen molar-refractivity contribution < 1.29 is 9.72 Å². The molecule has 0 bridgehead atoms. The van der Waals surface area contributed by atoms with E-state index in [1.807, 2.05) is 36.4 Å². The summed E-state index contributed by atoms with van der Waals surface area (Å²) >= 11 is 0. The molecule has 0 saturated carbocycles. The van der Waals surface area contributed by atoms with Crippen molar-refractivity contribution in [3.63, 3.8) is 0 Å². The van der Waals surface area contributed by atoms with Crippen LogP contribution in [0.15, 0.2) is 79.0 Å². The van der Waals surface area contributed by atoms with Gasteiger partial charge in [-0.2, -0.15) is 0 Å². The van der Waals surface area contributed by atoms with Gasteiger partial charge in [0.25, 0.3) is 0 Å². The van der Waals surface area contributed by atoms with E-state index in [9.17, 15) is 14.9 Å². The second kappa shape index (κ2) is 8.57. The molecule has 0 radical (unpaired) electrons. The lowest BCUT2D eigenvalue weighted by atomic mass is 10.1. The first kappa shape index (κ1) is 18.1. The van der Waals surface area contributed by atoms with E-state index < -0.39 is 11.0 Å². The zero-order valence-corrected chi connectivity index (χ0v) is 14.5. The first-order chi connectivity index (χ1) is 13.2. The summed E-state index contributed by atoms with van der Waals surface area (Å²) in [5.41, 5.74) is 1.35. The largest absolute Gasteiger partial charge is 0.337 e. The van der Waals surface area contributed by atoms with Crippen molar-refractivity contribution in [2.45, 2.75) is 6.42 Å². The molecule has 1 heterocycles. The van der Waals surface area contributed by atoms with Crippen LogP contribution in [-0.4, -0.2) is 22.5 Å². The molecule has 0 aliphatic heterocycles. The number of carbonyl (C=O) groups excluding carboxylic acids is 1. The minimum atomic E-state index is -0.546. The lowest BCUT2D eigenvalue weighted by Gasteiger charge is -2.22. The van der Waals surface area contributed by atoms with E-state index in [0.29, 0.717) is 18.7 Å². The molecule has 2 amide bonds. The lowest BCUT2D eigenvalue weighted by Crippen LogP contribution is -2.38. The van der Waals surface area contributed by atoms with Gasteiger partial charge in [-0.25, -0.2) is 14.7 Å². The third-order valence-electron chi connectivity index (χ3n) is 3.92. The maximum absolute atomic E-state index is 12.9. The summed E-state index contributed by atoms with van der Waals surface area (Å²) in [7, 11) is 0. The molecule has 0 saturated heterocycles. The van der Waals surface area contributed by atoms with Crippen LogP contribution in [0, 0.1) is 10.1 Å². The molecule has 0 atom stereocenters. The van der Waals surface area contributed by atoms with Crippen LogP contribution in [-0.2, 0) is 6.42 Å². The number of nitrogens with one attached hydrogen (secondary N) is 1. The summed E-state index contributed by atoms with van der Waals surface area (Å²) in [6.45, 7) is 0.396. The molecule has 136 valence electrons. The fourth-order valence-corrected chi connectivity index (χ4v) is 2.65. The van der Waals surface area contributed by atoms with Crippen LogP contribution in [0.1, 0.15) is 5.56 Å². The Morgan fingerprint density at radius 3 is 2.33 bits per heavy atom. The molecule has 7 nitrogen and oxygen atoms in total. The first-order valence-corrected chi connectivity index (χ1v) is 8.43. The molecule has 7 heteroatoms. The van der Waals surface area contributed by atoms with Crippen LogP contribution in [0.4, 0.5) is 22.0 Å². The van der Waals surface area contributed by atoms with E-state index >= 15 is 0 Å². The topological polar surface area (TPSA) is 88.4 Å². The number of nitro groups is 1. The van der Waals surface area contributed by atoms with E-state index in [4.69, 9.17) is 0 Å². The highest BCUT2D eigenvalue weighted by Crippen LogP contribution is 2.31. The number of aromatic nitrogens is 1. The van der Waals surface area contributed by atoms with Crippen molar-refractivity contribution in [1.29, 1.82) is 0 Å². The molecule has 0 unspecified atom stereocenters. The van der Waals surface area contributed by atoms with E-state index in [1.54, 1.807) is 24.3 Å². The van der Waals surface area contributed by atoms with Crippen LogP contribution in [0.25, 0.3) is 0 Å². The molecule has 0 aliphatic rings. The summed E-state index contributed by atoms with van der Waals surface area (Å²) in [6.07, 6.45) is 2.08. The van der Waals surface area contributed by atoms with Gasteiger partial charge < -0.3 is 5.32 Å². The summed E-state index contributed by atoms with van der Waals surface area (Å²) in [6, 6.07) is 20.8. The van der Waals surface area contributed by atoms with E-state index in [1.165, 1.54) is 23.2 Å². The van der Waals surface area contributed by atoms with Gasteiger partial charge in [-0.3, -0.25) is 10.1 Å². The van der Waals surface area contributed by atoms with Crippen LogP contribution < -0.4 is 10.2 Å². The molecule has 0 spiro atoms. The Morgan fingerprint density at radius 1 is 1.00 bits per heavy atom.